The average molecular weight is 202 g/mol. The highest BCUT2D eigenvalue weighted by atomic mass is 28.4. The molecule has 0 bridgehead atoms. The molecule has 0 aromatic heterocycles. The van der Waals surface area contributed by atoms with E-state index in [-0.39, 0.29) is 0 Å². The van der Waals surface area contributed by atoms with Crippen LogP contribution in [0, 0.1) is 0 Å². The van der Waals surface area contributed by atoms with E-state index < -0.39 is 8.32 Å². The highest BCUT2D eigenvalue weighted by Crippen LogP contribution is 2.19. The lowest BCUT2D eigenvalue weighted by Gasteiger charge is -2.25. The van der Waals surface area contributed by atoms with Gasteiger partial charge in [-0.1, -0.05) is 40.0 Å². The third kappa shape index (κ3) is 6.27. The topological polar surface area (TPSA) is 9.23 Å². The lowest BCUT2D eigenvalue weighted by atomic mass is 10.3. The summed E-state index contributed by atoms with van der Waals surface area (Å²) in [6.45, 7) is 10.2. The first-order chi connectivity index (χ1) is 6.18. The van der Waals surface area contributed by atoms with Crippen LogP contribution in [0.5, 0.6) is 0 Å². The van der Waals surface area contributed by atoms with Crippen LogP contribution in [-0.2, 0) is 4.43 Å². The lowest BCUT2D eigenvalue weighted by Crippen LogP contribution is -2.33. The normalized spacial score (nSPS) is 15.7. The van der Waals surface area contributed by atoms with Crippen LogP contribution in [0.25, 0.3) is 0 Å². The number of hydrogen-bond donors (Lipinski definition) is 0. The molecule has 0 saturated heterocycles. The van der Waals surface area contributed by atoms with Crippen LogP contribution in [0.4, 0.5) is 0 Å². The number of hydrogen-bond acceptors (Lipinski definition) is 1. The van der Waals surface area contributed by atoms with Gasteiger partial charge in [0.25, 0.3) is 0 Å². The maximum Gasteiger partial charge on any atom is 0.189 e. The molecule has 0 aromatic carbocycles. The molecule has 0 aliphatic heterocycles. The fourth-order valence-electron chi connectivity index (χ4n) is 1.55. The Kier molecular flexibility index (Phi) is 7.67. The highest BCUT2D eigenvalue weighted by Gasteiger charge is 2.24. The molecule has 1 atom stereocenters. The first kappa shape index (κ1) is 13.2. The summed E-state index contributed by atoms with van der Waals surface area (Å²) < 4.78 is 6.06. The summed E-state index contributed by atoms with van der Waals surface area (Å²) >= 11 is 0. The summed E-state index contributed by atoms with van der Waals surface area (Å²) in [5.41, 5.74) is 0. The van der Waals surface area contributed by atoms with Gasteiger partial charge in [0, 0.05) is 6.61 Å². The van der Waals surface area contributed by atoms with E-state index in [1.54, 1.807) is 0 Å². The summed E-state index contributed by atoms with van der Waals surface area (Å²) in [6.07, 6.45) is 5.15. The largest absolute Gasteiger partial charge is 0.417 e. The summed E-state index contributed by atoms with van der Waals surface area (Å²) in [7, 11) is -1.27. The standard InChI is InChI=1S/C11H26OSi/c1-5-8-9-10-12-13(4,7-3)11-6-2/h5-11H2,1-4H3. The molecule has 0 saturated carbocycles. The van der Waals surface area contributed by atoms with Gasteiger partial charge < -0.3 is 4.43 Å². The van der Waals surface area contributed by atoms with Gasteiger partial charge in [-0.3, -0.25) is 0 Å². The van der Waals surface area contributed by atoms with Crippen molar-refractivity contribution in [3.8, 4) is 0 Å². The van der Waals surface area contributed by atoms with Crippen molar-refractivity contribution in [1.29, 1.82) is 0 Å². The van der Waals surface area contributed by atoms with E-state index in [1.165, 1.54) is 37.8 Å². The Morgan fingerprint density at radius 1 is 1.00 bits per heavy atom. The highest BCUT2D eigenvalue weighted by molar-refractivity contribution is 6.72. The fourth-order valence-corrected chi connectivity index (χ4v) is 3.95. The molecule has 1 unspecified atom stereocenters. The number of unbranched alkanes of at least 4 members (excludes halogenated alkanes) is 2. The van der Waals surface area contributed by atoms with E-state index in [4.69, 9.17) is 4.43 Å². The maximum atomic E-state index is 6.06. The monoisotopic (exact) mass is 202 g/mol. The van der Waals surface area contributed by atoms with Crippen LogP contribution in [0.3, 0.4) is 0 Å². The first-order valence-electron chi connectivity index (χ1n) is 5.82. The molecule has 0 aromatic rings. The zero-order valence-corrected chi connectivity index (χ0v) is 10.9. The summed E-state index contributed by atoms with van der Waals surface area (Å²) in [6, 6.07) is 2.60. The van der Waals surface area contributed by atoms with Crippen LogP contribution in [0.1, 0.15) is 46.5 Å². The van der Waals surface area contributed by atoms with Crippen molar-refractivity contribution in [2.75, 3.05) is 6.61 Å². The summed E-state index contributed by atoms with van der Waals surface area (Å²) in [4.78, 5) is 0. The zero-order valence-electron chi connectivity index (χ0n) is 9.86. The Hall–Kier alpha value is 0.177. The van der Waals surface area contributed by atoms with Crippen molar-refractivity contribution in [2.24, 2.45) is 0 Å². The molecule has 0 aliphatic rings. The van der Waals surface area contributed by atoms with Gasteiger partial charge in [0.05, 0.1) is 0 Å². The molecule has 0 radical (unpaired) electrons. The molecular formula is C11H26OSi. The molecule has 0 N–H and O–H groups in total. The van der Waals surface area contributed by atoms with Gasteiger partial charge >= 0.3 is 0 Å². The van der Waals surface area contributed by atoms with E-state index in [0.717, 1.165) is 6.61 Å². The van der Waals surface area contributed by atoms with Crippen LogP contribution < -0.4 is 0 Å². The van der Waals surface area contributed by atoms with Crippen molar-refractivity contribution < 1.29 is 4.43 Å². The molecule has 0 spiro atoms. The van der Waals surface area contributed by atoms with Gasteiger partial charge in [-0.05, 0) is 25.1 Å². The number of rotatable bonds is 8. The predicted molar refractivity (Wildman–Crippen MR) is 62.7 cm³/mol. The van der Waals surface area contributed by atoms with Crippen LogP contribution >= 0.6 is 0 Å². The second-order valence-corrected chi connectivity index (χ2v) is 8.50. The molecule has 13 heavy (non-hydrogen) atoms. The zero-order chi connectivity index (χ0) is 10.2. The van der Waals surface area contributed by atoms with E-state index in [2.05, 4.69) is 27.3 Å². The molecule has 0 rings (SSSR count). The molecule has 2 heteroatoms. The quantitative estimate of drug-likeness (QED) is 0.423. The molecule has 0 aliphatic carbocycles. The Morgan fingerprint density at radius 2 is 1.69 bits per heavy atom. The molecule has 0 amide bonds. The SMILES string of the molecule is CCCCCO[Si](C)(CC)CCC. The second kappa shape index (κ2) is 7.57. The van der Waals surface area contributed by atoms with Gasteiger partial charge in [-0.15, -0.1) is 0 Å². The fraction of sp³-hybridized carbons (Fsp3) is 1.00. The Balaban J connectivity index is 3.57. The summed E-state index contributed by atoms with van der Waals surface area (Å²) in [5, 5.41) is 0. The van der Waals surface area contributed by atoms with Gasteiger partial charge in [0.15, 0.2) is 8.32 Å². The van der Waals surface area contributed by atoms with E-state index in [0.29, 0.717) is 0 Å². The van der Waals surface area contributed by atoms with E-state index in [9.17, 15) is 0 Å². The van der Waals surface area contributed by atoms with Gasteiger partial charge in [-0.2, -0.15) is 0 Å². The van der Waals surface area contributed by atoms with Crippen molar-refractivity contribution in [3.63, 3.8) is 0 Å². The van der Waals surface area contributed by atoms with Gasteiger partial charge in [0.1, 0.15) is 0 Å². The van der Waals surface area contributed by atoms with Crippen LogP contribution in [0.15, 0.2) is 0 Å². The predicted octanol–water partition coefficient (Wildman–Crippen LogP) is 4.20. The van der Waals surface area contributed by atoms with Crippen molar-refractivity contribution in [3.05, 3.63) is 0 Å². The van der Waals surface area contributed by atoms with Crippen molar-refractivity contribution in [1.82, 2.24) is 0 Å². The van der Waals surface area contributed by atoms with E-state index in [1.807, 2.05) is 0 Å². The minimum absolute atomic E-state index is 1.00. The lowest BCUT2D eigenvalue weighted by molar-refractivity contribution is 0.291. The molecule has 0 fully saturated rings. The summed E-state index contributed by atoms with van der Waals surface area (Å²) in [5.74, 6) is 0. The Bertz CT molecular complexity index is 117. The minimum atomic E-state index is -1.27. The van der Waals surface area contributed by atoms with E-state index >= 15 is 0 Å². The second-order valence-electron chi connectivity index (χ2n) is 4.11. The van der Waals surface area contributed by atoms with Crippen molar-refractivity contribution in [2.45, 2.75) is 65.1 Å². The minimum Gasteiger partial charge on any atom is -0.417 e. The first-order valence-corrected chi connectivity index (χ1v) is 8.64. The molecular weight excluding hydrogens is 176 g/mol. The van der Waals surface area contributed by atoms with Crippen LogP contribution in [-0.4, -0.2) is 14.9 Å². The molecule has 0 heterocycles. The van der Waals surface area contributed by atoms with Gasteiger partial charge in [0.2, 0.25) is 0 Å². The Labute approximate surface area is 85.0 Å². The van der Waals surface area contributed by atoms with Gasteiger partial charge in [-0.25, -0.2) is 0 Å². The third-order valence-corrected chi connectivity index (χ3v) is 6.68. The molecule has 1 nitrogen and oxygen atoms in total. The molecule has 80 valence electrons. The van der Waals surface area contributed by atoms with Crippen molar-refractivity contribution >= 4 is 8.32 Å². The smallest absolute Gasteiger partial charge is 0.189 e. The Morgan fingerprint density at radius 3 is 2.15 bits per heavy atom. The third-order valence-electron chi connectivity index (χ3n) is 2.73. The van der Waals surface area contributed by atoms with Crippen LogP contribution in [0.2, 0.25) is 18.6 Å². The average Bonchev–Trinajstić information content (AvgIpc) is 2.13. The maximum absolute atomic E-state index is 6.06.